The van der Waals surface area contributed by atoms with Crippen molar-refractivity contribution in [3.63, 3.8) is 0 Å². The van der Waals surface area contributed by atoms with Crippen LogP contribution >= 0.6 is 0 Å². The lowest BCUT2D eigenvalue weighted by molar-refractivity contribution is -0.144. The van der Waals surface area contributed by atoms with Gasteiger partial charge in [-0.1, -0.05) is 0 Å². The summed E-state index contributed by atoms with van der Waals surface area (Å²) in [5.74, 6) is -11.0. The minimum absolute atomic E-state index is 0.0424. The molecule has 3 aromatic rings. The van der Waals surface area contributed by atoms with E-state index in [2.05, 4.69) is 41.2 Å². The first-order valence-electron chi connectivity index (χ1n) is 17.9. The maximum Gasteiger partial charge on any atom is 0.326 e. The topological polar surface area (TPSA) is 410 Å². The third-order valence-electron chi connectivity index (χ3n) is 8.60. The normalized spacial score (nSPS) is 12.8. The van der Waals surface area contributed by atoms with Crippen LogP contribution in [0.3, 0.4) is 0 Å². The molecule has 60 heavy (non-hydrogen) atoms. The van der Waals surface area contributed by atoms with Gasteiger partial charge in [0.25, 0.3) is 5.91 Å². The van der Waals surface area contributed by atoms with Gasteiger partial charge in [0.1, 0.15) is 24.2 Å². The van der Waals surface area contributed by atoms with Crippen molar-refractivity contribution in [2.75, 3.05) is 23.4 Å². The van der Waals surface area contributed by atoms with Gasteiger partial charge in [0, 0.05) is 44.0 Å². The maximum absolute atomic E-state index is 12.9. The molecule has 13 N–H and O–H groups in total. The van der Waals surface area contributed by atoms with Crippen LogP contribution in [0.1, 0.15) is 67.4 Å². The molecule has 0 bridgehead atoms. The van der Waals surface area contributed by atoms with Crippen LogP contribution in [0.25, 0.3) is 11.2 Å². The number of benzene rings is 1. The van der Waals surface area contributed by atoms with E-state index in [1.807, 2.05) is 0 Å². The number of carboxylic acid groups (broad SMARTS) is 5. The molecule has 0 aliphatic rings. The highest BCUT2D eigenvalue weighted by Gasteiger charge is 2.27. The molecule has 0 spiro atoms. The molecule has 4 amide bonds. The molecule has 2 heterocycles. The van der Waals surface area contributed by atoms with Crippen molar-refractivity contribution >= 4 is 82.1 Å². The number of nitrogens with zero attached hydrogens (tertiary/aromatic N) is 5. The Labute approximate surface area is 339 Å². The van der Waals surface area contributed by atoms with Gasteiger partial charge in [-0.3, -0.25) is 24.0 Å². The van der Waals surface area contributed by atoms with Gasteiger partial charge in [-0.05, 0) is 49.9 Å². The third-order valence-corrected chi connectivity index (χ3v) is 8.60. The predicted octanol–water partition coefficient (Wildman–Crippen LogP) is -1.68. The summed E-state index contributed by atoms with van der Waals surface area (Å²) < 4.78 is 0. The number of nitrogens with two attached hydrogens (primary N) is 2. The molecule has 2 aromatic heterocycles. The van der Waals surface area contributed by atoms with Crippen molar-refractivity contribution in [1.82, 2.24) is 41.2 Å². The van der Waals surface area contributed by atoms with E-state index in [0.29, 0.717) is 11.4 Å². The van der Waals surface area contributed by atoms with Crippen LogP contribution in [-0.4, -0.2) is 130 Å². The zero-order valence-corrected chi connectivity index (χ0v) is 31.9. The second-order valence-corrected chi connectivity index (χ2v) is 13.2. The van der Waals surface area contributed by atoms with Gasteiger partial charge in [-0.15, -0.1) is 0 Å². The fraction of sp³-hybridized carbons (Fsp3) is 0.400. The Morgan fingerprint density at radius 2 is 1.05 bits per heavy atom. The molecule has 0 aliphatic heterocycles. The van der Waals surface area contributed by atoms with Crippen molar-refractivity contribution < 1.29 is 68.7 Å². The Kier molecular flexibility index (Phi) is 16.9. The number of aromatic nitrogens is 4. The number of hydrogen-bond donors (Lipinski definition) is 11. The van der Waals surface area contributed by atoms with E-state index in [1.54, 1.807) is 24.1 Å². The number of hydrogen-bond acceptors (Lipinski definition) is 16. The fourth-order valence-corrected chi connectivity index (χ4v) is 5.43. The number of amides is 4. The SMILES string of the molecule is CN(Cc1cnc2nc(N)nc(N)c2n1)c1ccc(C(=O)N[C@H](CCC(=O)N[C@H](CCC(=O)N[C@@H](CCC(=O)N[C@H](CCC(=O)O)C(=O)O)C(=O)O)C(=O)O)C(=O)O)cc1. The first-order chi connectivity index (χ1) is 28.2. The van der Waals surface area contributed by atoms with E-state index in [4.69, 9.17) is 21.7 Å². The number of carbonyl (C=O) groups excluding carboxylic acids is 4. The Balaban J connectivity index is 1.48. The van der Waals surface area contributed by atoms with E-state index in [-0.39, 0.29) is 35.0 Å². The zero-order chi connectivity index (χ0) is 44.7. The molecule has 0 saturated carbocycles. The monoisotopic (exact) mass is 841 g/mol. The molecule has 322 valence electrons. The van der Waals surface area contributed by atoms with Gasteiger partial charge < -0.3 is 63.2 Å². The van der Waals surface area contributed by atoms with Crippen LogP contribution in [-0.2, 0) is 44.9 Å². The summed E-state index contributed by atoms with van der Waals surface area (Å²) in [6.07, 6.45) is -2.70. The predicted molar refractivity (Wildman–Crippen MR) is 205 cm³/mol. The first-order valence-corrected chi connectivity index (χ1v) is 17.9. The average molecular weight is 842 g/mol. The zero-order valence-electron chi connectivity index (χ0n) is 31.9. The molecule has 25 heteroatoms. The second-order valence-electron chi connectivity index (χ2n) is 13.2. The summed E-state index contributed by atoms with van der Waals surface area (Å²) in [4.78, 5) is 126. The van der Waals surface area contributed by atoms with Crippen LogP contribution in [0.4, 0.5) is 17.5 Å². The van der Waals surface area contributed by atoms with Crippen LogP contribution in [0.15, 0.2) is 30.5 Å². The Hall–Kier alpha value is -7.73. The Morgan fingerprint density at radius 3 is 1.48 bits per heavy atom. The van der Waals surface area contributed by atoms with Crippen LogP contribution in [0, 0.1) is 0 Å². The molecule has 0 saturated heterocycles. The van der Waals surface area contributed by atoms with Crippen molar-refractivity contribution in [2.24, 2.45) is 0 Å². The highest BCUT2D eigenvalue weighted by atomic mass is 16.4. The van der Waals surface area contributed by atoms with Crippen LogP contribution in [0.2, 0.25) is 0 Å². The summed E-state index contributed by atoms with van der Waals surface area (Å²) in [5.41, 5.74) is 13.3. The quantitative estimate of drug-likeness (QED) is 0.0479. The molecule has 0 radical (unpaired) electrons. The number of rotatable bonds is 24. The highest BCUT2D eigenvalue weighted by molar-refractivity contribution is 5.97. The van der Waals surface area contributed by atoms with Crippen molar-refractivity contribution in [1.29, 1.82) is 0 Å². The van der Waals surface area contributed by atoms with Gasteiger partial charge >= 0.3 is 29.8 Å². The Bertz CT molecular complexity index is 2120. The molecule has 3 rings (SSSR count). The molecule has 0 fully saturated rings. The number of nitrogen functional groups attached to an aromatic ring is 2. The van der Waals surface area contributed by atoms with E-state index < -0.39 is 129 Å². The first kappa shape index (κ1) is 46.7. The number of carboxylic acids is 5. The minimum Gasteiger partial charge on any atom is -0.481 e. The lowest BCUT2D eigenvalue weighted by Crippen LogP contribution is -2.45. The largest absolute Gasteiger partial charge is 0.481 e. The molecular weight excluding hydrogens is 798 g/mol. The number of fused-ring (bicyclic) bond motifs is 1. The van der Waals surface area contributed by atoms with Crippen LogP contribution < -0.4 is 37.6 Å². The molecule has 0 aliphatic carbocycles. The number of carbonyl (C=O) groups is 9. The van der Waals surface area contributed by atoms with Crippen molar-refractivity contribution in [3.05, 3.63) is 41.7 Å². The summed E-state index contributed by atoms with van der Waals surface area (Å²) in [6.45, 7) is 0.268. The number of nitrogens with one attached hydrogen (secondary N) is 4. The van der Waals surface area contributed by atoms with E-state index in [1.165, 1.54) is 18.3 Å². The van der Waals surface area contributed by atoms with Gasteiger partial charge in [0.15, 0.2) is 17.0 Å². The highest BCUT2D eigenvalue weighted by Crippen LogP contribution is 2.19. The minimum atomic E-state index is -1.66. The summed E-state index contributed by atoms with van der Waals surface area (Å²) in [6, 6.07) is -0.332. The van der Waals surface area contributed by atoms with Crippen molar-refractivity contribution in [3.8, 4) is 0 Å². The summed E-state index contributed by atoms with van der Waals surface area (Å²) in [7, 11) is 1.75. The second kappa shape index (κ2) is 21.7. The molecule has 4 atom stereocenters. The van der Waals surface area contributed by atoms with Crippen molar-refractivity contribution in [2.45, 2.75) is 82.1 Å². The van der Waals surface area contributed by atoms with Gasteiger partial charge in [-0.2, -0.15) is 9.97 Å². The Morgan fingerprint density at radius 1 is 0.617 bits per heavy atom. The molecular formula is C35H43N11O14. The maximum atomic E-state index is 12.9. The average Bonchev–Trinajstić information content (AvgIpc) is 3.17. The third kappa shape index (κ3) is 14.6. The summed E-state index contributed by atoms with van der Waals surface area (Å²) in [5, 5.41) is 55.3. The summed E-state index contributed by atoms with van der Waals surface area (Å²) >= 11 is 0. The molecule has 25 nitrogen and oxygen atoms in total. The lowest BCUT2D eigenvalue weighted by atomic mass is 10.1. The van der Waals surface area contributed by atoms with E-state index in [9.17, 15) is 58.5 Å². The van der Waals surface area contributed by atoms with Crippen LogP contribution in [0.5, 0.6) is 0 Å². The van der Waals surface area contributed by atoms with Gasteiger partial charge in [0.05, 0.1) is 18.4 Å². The molecule has 1 aromatic carbocycles. The smallest absolute Gasteiger partial charge is 0.326 e. The standard InChI is InChI=1S/C35H43N11O14/c1-46(15-17-14-38-29-27(39-17)28(36)44-35(37)45-29)18-4-2-16(3-5-18)30(52)43-22(34(59)60)8-12-25(49)41-20(32(55)56)6-10-23(47)40-19(31(53)54)7-11-24(48)42-21(33(57)58)9-13-26(50)51/h2-5,14,19-22H,6-13,15H2,1H3,(H,40,47)(H,41,49)(H,42,48)(H,43,52)(H,50,51)(H,53,54)(H,55,56)(H,57,58)(H,59,60)(H4,36,37,38,44,45)/t19-,20+,21+,22+/m0/s1. The molecule has 0 unspecified atom stereocenters. The van der Waals surface area contributed by atoms with E-state index >= 15 is 0 Å². The van der Waals surface area contributed by atoms with Gasteiger partial charge in [0.2, 0.25) is 23.7 Å². The fourth-order valence-electron chi connectivity index (χ4n) is 5.43. The number of anilines is 3. The lowest BCUT2D eigenvalue weighted by Gasteiger charge is -2.20. The van der Waals surface area contributed by atoms with Gasteiger partial charge in [-0.25, -0.2) is 29.1 Å². The number of aliphatic carboxylic acids is 5. The van der Waals surface area contributed by atoms with E-state index in [0.717, 1.165) is 0 Å².